The SMILES string of the molecule is C=C(C)c1cc(C(=O)CBr)cc(N2CCOCC2)c1OC. The van der Waals surface area contributed by atoms with Crippen LogP contribution in [0, 0.1) is 0 Å². The van der Waals surface area contributed by atoms with Crippen LogP contribution in [0.25, 0.3) is 5.57 Å². The van der Waals surface area contributed by atoms with Gasteiger partial charge in [-0.15, -0.1) is 0 Å². The summed E-state index contributed by atoms with van der Waals surface area (Å²) in [4.78, 5) is 14.3. The van der Waals surface area contributed by atoms with Crippen molar-refractivity contribution in [2.75, 3.05) is 43.6 Å². The summed E-state index contributed by atoms with van der Waals surface area (Å²) in [5.41, 5.74) is 3.37. The summed E-state index contributed by atoms with van der Waals surface area (Å²) >= 11 is 3.23. The lowest BCUT2D eigenvalue weighted by molar-refractivity contribution is 0.102. The largest absolute Gasteiger partial charge is 0.494 e. The molecule has 1 fully saturated rings. The predicted octanol–water partition coefficient (Wildman–Crippen LogP) is 3.14. The van der Waals surface area contributed by atoms with Crippen LogP contribution in [0.2, 0.25) is 0 Å². The van der Waals surface area contributed by atoms with E-state index in [0.29, 0.717) is 24.1 Å². The Kier molecular flexibility index (Phi) is 5.42. The molecule has 0 aromatic heterocycles. The molecule has 1 heterocycles. The Balaban J connectivity index is 2.55. The van der Waals surface area contributed by atoms with Crippen LogP contribution in [0.15, 0.2) is 18.7 Å². The highest BCUT2D eigenvalue weighted by atomic mass is 79.9. The number of carbonyl (C=O) groups is 1. The van der Waals surface area contributed by atoms with Crippen molar-refractivity contribution in [2.45, 2.75) is 6.92 Å². The number of allylic oxidation sites excluding steroid dienone is 1. The molecule has 4 nitrogen and oxygen atoms in total. The van der Waals surface area contributed by atoms with Gasteiger partial charge in [0.25, 0.3) is 0 Å². The number of methoxy groups -OCH3 is 1. The second-order valence-electron chi connectivity index (χ2n) is 5.01. The van der Waals surface area contributed by atoms with Crippen LogP contribution < -0.4 is 9.64 Å². The molecule has 1 aliphatic rings. The molecule has 1 aromatic rings. The van der Waals surface area contributed by atoms with Crippen LogP contribution in [0.3, 0.4) is 0 Å². The molecule has 0 unspecified atom stereocenters. The first-order valence-electron chi connectivity index (χ1n) is 6.88. The second-order valence-corrected chi connectivity index (χ2v) is 5.57. The molecule has 0 atom stereocenters. The number of Topliss-reactive ketones (excluding diaryl/α,β-unsaturated/α-hetero) is 1. The number of halogens is 1. The summed E-state index contributed by atoms with van der Waals surface area (Å²) in [6, 6.07) is 3.76. The van der Waals surface area contributed by atoms with Crippen LogP contribution in [-0.4, -0.2) is 44.5 Å². The Morgan fingerprint density at radius 2 is 2.10 bits per heavy atom. The maximum absolute atomic E-state index is 12.1. The third-order valence-corrected chi connectivity index (χ3v) is 4.04. The van der Waals surface area contributed by atoms with E-state index in [1.165, 1.54) is 0 Å². The minimum atomic E-state index is 0.0506. The highest BCUT2D eigenvalue weighted by Gasteiger charge is 2.21. The third kappa shape index (κ3) is 3.47. The number of ketones is 1. The molecule has 1 aromatic carbocycles. The van der Waals surface area contributed by atoms with Gasteiger partial charge in [0.1, 0.15) is 5.75 Å². The average molecular weight is 354 g/mol. The molecule has 5 heteroatoms. The molecule has 0 N–H and O–H groups in total. The van der Waals surface area contributed by atoms with Crippen LogP contribution in [0.4, 0.5) is 5.69 Å². The van der Waals surface area contributed by atoms with Gasteiger partial charge in [0.15, 0.2) is 5.78 Å². The first-order chi connectivity index (χ1) is 10.1. The number of anilines is 1. The van der Waals surface area contributed by atoms with Gasteiger partial charge < -0.3 is 14.4 Å². The van der Waals surface area contributed by atoms with Crippen molar-refractivity contribution in [1.82, 2.24) is 0 Å². The van der Waals surface area contributed by atoms with E-state index in [-0.39, 0.29) is 5.78 Å². The molecule has 1 aliphatic heterocycles. The molecule has 0 saturated carbocycles. The molecule has 1 saturated heterocycles. The lowest BCUT2D eigenvalue weighted by Crippen LogP contribution is -2.36. The zero-order valence-electron chi connectivity index (χ0n) is 12.4. The standard InChI is InChI=1S/C16H20BrNO3/c1-11(2)13-8-12(15(19)10-17)9-14(16(13)20-3)18-4-6-21-7-5-18/h8-9H,1,4-7,10H2,2-3H3. The van der Waals surface area contributed by atoms with E-state index >= 15 is 0 Å². The molecule has 2 rings (SSSR count). The van der Waals surface area contributed by atoms with Gasteiger partial charge in [-0.2, -0.15) is 0 Å². The minimum Gasteiger partial charge on any atom is -0.494 e. The molecular formula is C16H20BrNO3. The van der Waals surface area contributed by atoms with Crippen molar-refractivity contribution in [3.63, 3.8) is 0 Å². The topological polar surface area (TPSA) is 38.8 Å². The number of alkyl halides is 1. The van der Waals surface area contributed by atoms with E-state index in [2.05, 4.69) is 27.4 Å². The minimum absolute atomic E-state index is 0.0506. The molecule has 114 valence electrons. The van der Waals surface area contributed by atoms with Crippen molar-refractivity contribution in [2.24, 2.45) is 0 Å². The molecule has 0 aliphatic carbocycles. The highest BCUT2D eigenvalue weighted by Crippen LogP contribution is 2.37. The van der Waals surface area contributed by atoms with E-state index in [4.69, 9.17) is 9.47 Å². The van der Waals surface area contributed by atoms with Gasteiger partial charge in [-0.25, -0.2) is 0 Å². The van der Waals surface area contributed by atoms with Crippen LogP contribution in [-0.2, 0) is 4.74 Å². The van der Waals surface area contributed by atoms with Crippen molar-refractivity contribution >= 4 is 33.0 Å². The Hall–Kier alpha value is -1.33. The number of morpholine rings is 1. The van der Waals surface area contributed by atoms with Gasteiger partial charge in [0.05, 0.1) is 31.3 Å². The fourth-order valence-electron chi connectivity index (χ4n) is 2.42. The Bertz CT molecular complexity index is 551. The molecule has 21 heavy (non-hydrogen) atoms. The molecule has 0 spiro atoms. The first kappa shape index (κ1) is 16.0. The predicted molar refractivity (Wildman–Crippen MR) is 88.9 cm³/mol. The van der Waals surface area contributed by atoms with E-state index in [1.807, 2.05) is 19.1 Å². The number of rotatable bonds is 5. The normalized spacial score (nSPS) is 14.9. The Labute approximate surface area is 133 Å². The first-order valence-corrected chi connectivity index (χ1v) is 8.00. The van der Waals surface area contributed by atoms with E-state index < -0.39 is 0 Å². The van der Waals surface area contributed by atoms with Crippen molar-refractivity contribution < 1.29 is 14.3 Å². The number of carbonyl (C=O) groups excluding carboxylic acids is 1. The lowest BCUT2D eigenvalue weighted by atomic mass is 10.00. The quantitative estimate of drug-likeness (QED) is 0.602. The monoisotopic (exact) mass is 353 g/mol. The summed E-state index contributed by atoms with van der Waals surface area (Å²) in [6.45, 7) is 8.86. The maximum Gasteiger partial charge on any atom is 0.173 e. The van der Waals surface area contributed by atoms with Crippen molar-refractivity contribution in [1.29, 1.82) is 0 Å². The van der Waals surface area contributed by atoms with Crippen molar-refractivity contribution in [3.05, 3.63) is 29.8 Å². The number of hydrogen-bond donors (Lipinski definition) is 0. The van der Waals surface area contributed by atoms with Gasteiger partial charge >= 0.3 is 0 Å². The van der Waals surface area contributed by atoms with Crippen molar-refractivity contribution in [3.8, 4) is 5.75 Å². The summed E-state index contributed by atoms with van der Waals surface area (Å²) in [7, 11) is 1.65. The van der Waals surface area contributed by atoms with E-state index in [9.17, 15) is 4.79 Å². The fourth-order valence-corrected chi connectivity index (χ4v) is 2.75. The molecular weight excluding hydrogens is 334 g/mol. The summed E-state index contributed by atoms with van der Waals surface area (Å²) < 4.78 is 11.0. The smallest absolute Gasteiger partial charge is 0.173 e. The second kappa shape index (κ2) is 7.09. The maximum atomic E-state index is 12.1. The zero-order chi connectivity index (χ0) is 15.4. The molecule has 0 radical (unpaired) electrons. The van der Waals surface area contributed by atoms with Gasteiger partial charge in [0.2, 0.25) is 0 Å². The van der Waals surface area contributed by atoms with Crippen LogP contribution in [0.1, 0.15) is 22.8 Å². The fraction of sp³-hybridized carbons (Fsp3) is 0.438. The van der Waals surface area contributed by atoms with Crippen LogP contribution >= 0.6 is 15.9 Å². The van der Waals surface area contributed by atoms with Crippen LogP contribution in [0.5, 0.6) is 5.75 Å². The van der Waals surface area contributed by atoms with E-state index in [1.54, 1.807) is 7.11 Å². The number of hydrogen-bond acceptors (Lipinski definition) is 4. The summed E-state index contributed by atoms with van der Waals surface area (Å²) in [5, 5.41) is 0.303. The van der Waals surface area contributed by atoms with Gasteiger partial charge in [-0.05, 0) is 24.6 Å². The van der Waals surface area contributed by atoms with Gasteiger partial charge in [-0.3, -0.25) is 4.79 Å². The van der Waals surface area contributed by atoms with Gasteiger partial charge in [0, 0.05) is 24.2 Å². The summed E-state index contributed by atoms with van der Waals surface area (Å²) in [6.07, 6.45) is 0. The van der Waals surface area contributed by atoms with Gasteiger partial charge in [-0.1, -0.05) is 22.5 Å². The third-order valence-electron chi connectivity index (χ3n) is 3.53. The zero-order valence-corrected chi connectivity index (χ0v) is 14.0. The lowest BCUT2D eigenvalue weighted by Gasteiger charge is -2.31. The highest BCUT2D eigenvalue weighted by molar-refractivity contribution is 9.09. The summed E-state index contributed by atoms with van der Waals surface area (Å²) in [5.74, 6) is 0.824. The Morgan fingerprint density at radius 3 is 2.62 bits per heavy atom. The Morgan fingerprint density at radius 1 is 1.43 bits per heavy atom. The number of benzene rings is 1. The average Bonchev–Trinajstić information content (AvgIpc) is 2.53. The molecule has 0 amide bonds. The number of nitrogens with zero attached hydrogens (tertiary/aromatic N) is 1. The number of ether oxygens (including phenoxy) is 2. The molecule has 0 bridgehead atoms. The van der Waals surface area contributed by atoms with E-state index in [0.717, 1.165) is 35.7 Å².